The second-order valence-corrected chi connectivity index (χ2v) is 6.37. The second-order valence-electron chi connectivity index (χ2n) is 6.37. The molecule has 11 heteroatoms. The molecule has 164 valence electrons. The topological polar surface area (TPSA) is 120 Å². The monoisotopic (exact) mass is 437 g/mol. The standard InChI is InChI=1S/C20H18F3N3O5/c1-10(28)26(2)11-4-5-12(15(6-11)20(21,22)23)13-8-18(29)14(16(24)9-27)7-17(13)25-19(30)31-3/h4-9,24,29H,1-3H3,(H,25,30). The summed E-state index contributed by atoms with van der Waals surface area (Å²) in [4.78, 5) is 35.2. The van der Waals surface area contributed by atoms with E-state index in [0.29, 0.717) is 0 Å². The average molecular weight is 437 g/mol. The number of phenols is 1. The molecule has 0 bridgehead atoms. The Labute approximate surface area is 174 Å². The van der Waals surface area contributed by atoms with E-state index in [0.717, 1.165) is 36.3 Å². The van der Waals surface area contributed by atoms with Crippen LogP contribution in [0.2, 0.25) is 0 Å². The number of methoxy groups -OCH3 is 1. The van der Waals surface area contributed by atoms with Gasteiger partial charge >= 0.3 is 12.3 Å². The fourth-order valence-corrected chi connectivity index (χ4v) is 2.75. The van der Waals surface area contributed by atoms with Crippen molar-refractivity contribution in [2.75, 3.05) is 24.4 Å². The summed E-state index contributed by atoms with van der Waals surface area (Å²) >= 11 is 0. The van der Waals surface area contributed by atoms with Crippen LogP contribution in [-0.2, 0) is 20.5 Å². The third-order valence-corrected chi connectivity index (χ3v) is 4.42. The molecule has 0 aliphatic rings. The predicted octanol–water partition coefficient (Wildman–Crippen LogP) is 3.81. The number of rotatable bonds is 5. The van der Waals surface area contributed by atoms with Crippen molar-refractivity contribution in [3.8, 4) is 16.9 Å². The zero-order valence-corrected chi connectivity index (χ0v) is 16.6. The molecule has 0 atom stereocenters. The van der Waals surface area contributed by atoms with Crippen LogP contribution in [0.5, 0.6) is 5.75 Å². The highest BCUT2D eigenvalue weighted by molar-refractivity contribution is 6.35. The van der Waals surface area contributed by atoms with Crippen molar-refractivity contribution in [1.82, 2.24) is 0 Å². The molecule has 2 aromatic carbocycles. The quantitative estimate of drug-likeness (QED) is 0.373. The predicted molar refractivity (Wildman–Crippen MR) is 107 cm³/mol. The Bertz CT molecular complexity index is 1070. The van der Waals surface area contributed by atoms with Crippen molar-refractivity contribution in [2.24, 2.45) is 0 Å². The number of carbonyl (C=O) groups is 3. The third kappa shape index (κ3) is 5.00. The zero-order valence-electron chi connectivity index (χ0n) is 16.6. The number of phenolic OH excluding ortho intramolecular Hbond substituents is 1. The highest BCUT2D eigenvalue weighted by Crippen LogP contribution is 2.43. The number of carbonyl (C=O) groups excluding carboxylic acids is 3. The lowest BCUT2D eigenvalue weighted by atomic mass is 9.94. The van der Waals surface area contributed by atoms with Gasteiger partial charge in [-0.15, -0.1) is 0 Å². The van der Waals surface area contributed by atoms with Crippen LogP contribution in [0, 0.1) is 5.41 Å². The van der Waals surface area contributed by atoms with Crippen LogP contribution >= 0.6 is 0 Å². The molecule has 0 unspecified atom stereocenters. The molecule has 0 saturated carbocycles. The molecular formula is C20H18F3N3O5. The van der Waals surface area contributed by atoms with Gasteiger partial charge in [0.05, 0.1) is 18.4 Å². The van der Waals surface area contributed by atoms with Crippen molar-refractivity contribution in [1.29, 1.82) is 5.41 Å². The smallest absolute Gasteiger partial charge is 0.417 e. The molecule has 8 nitrogen and oxygen atoms in total. The van der Waals surface area contributed by atoms with Crippen LogP contribution in [-0.4, -0.2) is 43.3 Å². The van der Waals surface area contributed by atoms with E-state index in [2.05, 4.69) is 10.1 Å². The van der Waals surface area contributed by atoms with Crippen LogP contribution in [0.4, 0.5) is 29.3 Å². The van der Waals surface area contributed by atoms with Crippen LogP contribution < -0.4 is 10.2 Å². The van der Waals surface area contributed by atoms with Gasteiger partial charge in [0.15, 0.2) is 6.29 Å². The summed E-state index contributed by atoms with van der Waals surface area (Å²) in [6, 6.07) is 5.01. The van der Waals surface area contributed by atoms with Crippen molar-refractivity contribution in [2.45, 2.75) is 13.1 Å². The largest absolute Gasteiger partial charge is 0.507 e. The molecule has 2 aromatic rings. The van der Waals surface area contributed by atoms with E-state index in [1.54, 1.807) is 0 Å². The molecule has 2 amide bonds. The van der Waals surface area contributed by atoms with E-state index in [1.807, 2.05) is 0 Å². The summed E-state index contributed by atoms with van der Waals surface area (Å²) in [5.41, 5.74) is -2.99. The van der Waals surface area contributed by atoms with Crippen molar-refractivity contribution in [3.63, 3.8) is 0 Å². The van der Waals surface area contributed by atoms with Crippen LogP contribution in [0.15, 0.2) is 30.3 Å². The number of ether oxygens (including phenoxy) is 1. The molecular weight excluding hydrogens is 419 g/mol. The van der Waals surface area contributed by atoms with E-state index in [4.69, 9.17) is 5.41 Å². The minimum absolute atomic E-state index is 0.0189. The van der Waals surface area contributed by atoms with E-state index < -0.39 is 40.8 Å². The van der Waals surface area contributed by atoms with Crippen molar-refractivity contribution >= 4 is 35.4 Å². The molecule has 0 aromatic heterocycles. The van der Waals surface area contributed by atoms with Gasteiger partial charge in [-0.1, -0.05) is 6.07 Å². The fourth-order valence-electron chi connectivity index (χ4n) is 2.75. The van der Waals surface area contributed by atoms with Gasteiger partial charge in [-0.25, -0.2) is 4.79 Å². The first-order valence-corrected chi connectivity index (χ1v) is 8.62. The molecule has 0 aliphatic heterocycles. The minimum atomic E-state index is -4.85. The van der Waals surface area contributed by atoms with E-state index in [9.17, 15) is 32.7 Å². The van der Waals surface area contributed by atoms with Gasteiger partial charge in [-0.3, -0.25) is 20.3 Å². The van der Waals surface area contributed by atoms with Gasteiger partial charge in [-0.2, -0.15) is 13.2 Å². The lowest BCUT2D eigenvalue weighted by Gasteiger charge is -2.21. The molecule has 0 heterocycles. The summed E-state index contributed by atoms with van der Waals surface area (Å²) in [5.74, 6) is -1.12. The number of anilines is 2. The first-order valence-electron chi connectivity index (χ1n) is 8.62. The molecule has 31 heavy (non-hydrogen) atoms. The Balaban J connectivity index is 2.82. The molecule has 2 rings (SSSR count). The minimum Gasteiger partial charge on any atom is -0.507 e. The Kier molecular flexibility index (Phi) is 6.68. The van der Waals surface area contributed by atoms with Crippen LogP contribution in [0.3, 0.4) is 0 Å². The Morgan fingerprint density at radius 3 is 2.35 bits per heavy atom. The van der Waals surface area contributed by atoms with E-state index in [-0.39, 0.29) is 28.8 Å². The maximum atomic E-state index is 13.8. The zero-order chi connectivity index (χ0) is 23.5. The number of aromatic hydroxyl groups is 1. The second kappa shape index (κ2) is 8.86. The molecule has 0 fully saturated rings. The van der Waals surface area contributed by atoms with E-state index >= 15 is 0 Å². The van der Waals surface area contributed by atoms with Gasteiger partial charge in [0.2, 0.25) is 5.91 Å². The van der Waals surface area contributed by atoms with Crippen LogP contribution in [0.1, 0.15) is 18.1 Å². The SMILES string of the molecule is COC(=O)Nc1cc(C(=N)C=O)c(O)cc1-c1ccc(N(C)C(C)=O)cc1C(F)(F)F. The normalized spacial score (nSPS) is 10.9. The van der Waals surface area contributed by atoms with Crippen molar-refractivity contribution < 1.29 is 37.4 Å². The number of nitrogens with zero attached hydrogens (tertiary/aromatic N) is 1. The van der Waals surface area contributed by atoms with Gasteiger partial charge in [0.1, 0.15) is 11.5 Å². The highest BCUT2D eigenvalue weighted by Gasteiger charge is 2.35. The Morgan fingerprint density at radius 1 is 1.19 bits per heavy atom. The first-order chi connectivity index (χ1) is 14.4. The average Bonchev–Trinajstić information content (AvgIpc) is 2.72. The molecule has 0 spiro atoms. The van der Waals surface area contributed by atoms with E-state index in [1.165, 1.54) is 20.0 Å². The summed E-state index contributed by atoms with van der Waals surface area (Å²) in [5, 5.41) is 20.0. The number of halogens is 3. The van der Waals surface area contributed by atoms with Gasteiger partial charge in [0, 0.05) is 30.8 Å². The summed E-state index contributed by atoms with van der Waals surface area (Å²) in [7, 11) is 2.35. The Hall–Kier alpha value is -3.89. The number of hydrogen-bond acceptors (Lipinski definition) is 6. The van der Waals surface area contributed by atoms with Crippen molar-refractivity contribution in [3.05, 3.63) is 41.5 Å². The number of aldehydes is 1. The number of benzene rings is 2. The van der Waals surface area contributed by atoms with Gasteiger partial charge in [-0.05, 0) is 29.8 Å². The highest BCUT2D eigenvalue weighted by atomic mass is 19.4. The van der Waals surface area contributed by atoms with Crippen LogP contribution in [0.25, 0.3) is 11.1 Å². The van der Waals surface area contributed by atoms with Gasteiger partial charge in [0.25, 0.3) is 0 Å². The first kappa shape index (κ1) is 23.4. The molecule has 3 N–H and O–H groups in total. The summed E-state index contributed by atoms with van der Waals surface area (Å²) in [6.07, 6.45) is -5.74. The lowest BCUT2D eigenvalue weighted by molar-refractivity contribution is -0.137. The number of hydrogen-bond donors (Lipinski definition) is 3. The molecule has 0 radical (unpaired) electrons. The maximum absolute atomic E-state index is 13.8. The number of amides is 2. The van der Waals surface area contributed by atoms with Gasteiger partial charge < -0.3 is 14.7 Å². The molecule has 0 aliphatic carbocycles. The Morgan fingerprint density at radius 2 is 1.84 bits per heavy atom. The third-order valence-electron chi connectivity index (χ3n) is 4.42. The summed E-state index contributed by atoms with van der Waals surface area (Å²) < 4.78 is 46.0. The number of alkyl halides is 3. The molecule has 0 saturated heterocycles. The maximum Gasteiger partial charge on any atom is 0.417 e. The fraction of sp³-hybridized carbons (Fsp3) is 0.200. The number of nitrogens with one attached hydrogen (secondary N) is 2. The lowest BCUT2D eigenvalue weighted by Crippen LogP contribution is -2.23. The summed E-state index contributed by atoms with van der Waals surface area (Å²) in [6.45, 7) is 1.19.